The van der Waals surface area contributed by atoms with Crippen LogP contribution in [0.15, 0.2) is 48.5 Å². The fourth-order valence-corrected chi connectivity index (χ4v) is 2.15. The molecule has 0 amide bonds. The lowest BCUT2D eigenvalue weighted by Gasteiger charge is -2.06. The number of H-pyrrole nitrogens is 1. The number of hydrogen-bond acceptors (Lipinski definition) is 1. The van der Waals surface area contributed by atoms with E-state index < -0.39 is 0 Å². The lowest BCUT2D eigenvalue weighted by atomic mass is 9.97. The summed E-state index contributed by atoms with van der Waals surface area (Å²) >= 11 is 0. The maximum absolute atomic E-state index is 9.50. The quantitative estimate of drug-likeness (QED) is 0.614. The van der Waals surface area contributed by atoms with Gasteiger partial charge in [0.25, 0.3) is 0 Å². The van der Waals surface area contributed by atoms with Gasteiger partial charge in [0.1, 0.15) is 0 Å². The molecule has 0 atom stereocenters. The Balaban J connectivity index is 0.000000924. The van der Waals surface area contributed by atoms with Gasteiger partial charge >= 0.3 is 0 Å². The van der Waals surface area contributed by atoms with Crippen molar-refractivity contribution in [3.8, 4) is 23.1 Å². The molecule has 3 heteroatoms. The highest BCUT2D eigenvalue weighted by atomic mass is 19.1. The largest absolute Gasteiger partial charge is 0.277 e. The number of nitrogens with one attached hydrogen (secondary N) is 1. The molecule has 0 radical (unpaired) electrons. The molecular weight excluding hydrogens is 287 g/mol. The minimum atomic E-state index is 0.0249. The average molecular weight is 308 g/mol. The van der Waals surface area contributed by atoms with Crippen LogP contribution in [0.5, 0.6) is 0 Å². The highest BCUT2D eigenvalue weighted by Crippen LogP contribution is 2.26. The van der Waals surface area contributed by atoms with Crippen molar-refractivity contribution in [2.24, 2.45) is 5.41 Å². The number of fused-ring (bicyclic) bond motifs is 1. The van der Waals surface area contributed by atoms with Crippen LogP contribution in [0.1, 0.15) is 26.3 Å². The fraction of sp³-hybridized carbons (Fsp3) is 0.250. The van der Waals surface area contributed by atoms with Crippen molar-refractivity contribution in [2.75, 3.05) is 7.18 Å². The van der Waals surface area contributed by atoms with Crippen LogP contribution in [0.4, 0.5) is 4.39 Å². The summed E-state index contributed by atoms with van der Waals surface area (Å²) in [5.41, 5.74) is 4.21. The topological polar surface area (TPSA) is 28.7 Å². The van der Waals surface area contributed by atoms with Crippen molar-refractivity contribution in [2.45, 2.75) is 20.8 Å². The van der Waals surface area contributed by atoms with E-state index in [1.54, 1.807) is 0 Å². The molecule has 0 aliphatic carbocycles. The summed E-state index contributed by atoms with van der Waals surface area (Å²) in [6.45, 7) is 6.35. The lowest BCUT2D eigenvalue weighted by Crippen LogP contribution is -1.99. The van der Waals surface area contributed by atoms with Crippen molar-refractivity contribution in [1.82, 2.24) is 10.2 Å². The predicted octanol–water partition coefficient (Wildman–Crippen LogP) is 5.21. The molecule has 118 valence electrons. The zero-order valence-electron chi connectivity index (χ0n) is 13.9. The van der Waals surface area contributed by atoms with Gasteiger partial charge in [0, 0.05) is 21.9 Å². The maximum Gasteiger partial charge on any atom is 0.0999 e. The van der Waals surface area contributed by atoms with E-state index >= 15 is 0 Å². The van der Waals surface area contributed by atoms with Crippen LogP contribution in [0.25, 0.3) is 22.2 Å². The summed E-state index contributed by atoms with van der Waals surface area (Å²) in [7, 11) is 0.500. The van der Waals surface area contributed by atoms with Gasteiger partial charge in [-0.25, -0.2) is 0 Å². The summed E-state index contributed by atoms with van der Waals surface area (Å²) in [6.07, 6.45) is 0. The molecule has 1 N–H and O–H groups in total. The number of para-hydroxylation sites is 1. The molecule has 0 aliphatic rings. The molecule has 0 spiro atoms. The fourth-order valence-electron chi connectivity index (χ4n) is 2.15. The van der Waals surface area contributed by atoms with E-state index in [0.29, 0.717) is 7.18 Å². The Bertz CT molecular complexity index is 828. The first-order valence-electron chi connectivity index (χ1n) is 7.47. The second kappa shape index (κ2) is 7.11. The van der Waals surface area contributed by atoms with E-state index in [-0.39, 0.29) is 5.41 Å². The Kier molecular flexibility index (Phi) is 5.18. The number of aromatic amines is 1. The Hall–Kier alpha value is -2.60. The van der Waals surface area contributed by atoms with Crippen LogP contribution in [-0.4, -0.2) is 17.4 Å². The first kappa shape index (κ1) is 16.8. The van der Waals surface area contributed by atoms with Gasteiger partial charge in [0.05, 0.1) is 18.4 Å². The standard InChI is InChI=1S/C19H18N2.CH3F/c1-19(2,3)13-12-14-8-10-15(11-9-14)18-16-6-4-5-7-17(16)20-21-18;1-2/h4-11H,1-3H3,(H,20,21);1H3. The Morgan fingerprint density at radius 3 is 2.26 bits per heavy atom. The average Bonchev–Trinajstić information content (AvgIpc) is 2.99. The maximum atomic E-state index is 9.50. The van der Waals surface area contributed by atoms with Gasteiger partial charge in [-0.05, 0) is 39.0 Å². The summed E-state index contributed by atoms with van der Waals surface area (Å²) in [4.78, 5) is 0. The van der Waals surface area contributed by atoms with Crippen LogP contribution in [0, 0.1) is 17.3 Å². The van der Waals surface area contributed by atoms with Gasteiger partial charge in [0.15, 0.2) is 0 Å². The van der Waals surface area contributed by atoms with E-state index in [1.807, 2.05) is 18.2 Å². The highest BCUT2D eigenvalue weighted by Gasteiger charge is 2.07. The van der Waals surface area contributed by atoms with Crippen molar-refractivity contribution in [1.29, 1.82) is 0 Å². The highest BCUT2D eigenvalue weighted by molar-refractivity contribution is 5.92. The van der Waals surface area contributed by atoms with Crippen LogP contribution in [0.2, 0.25) is 0 Å². The van der Waals surface area contributed by atoms with Crippen molar-refractivity contribution in [3.05, 3.63) is 54.1 Å². The summed E-state index contributed by atoms with van der Waals surface area (Å²) in [6, 6.07) is 16.4. The second-order valence-corrected chi connectivity index (χ2v) is 6.20. The van der Waals surface area contributed by atoms with Gasteiger partial charge in [-0.15, -0.1) is 0 Å². The molecular formula is C20H21FN2. The monoisotopic (exact) mass is 308 g/mol. The Morgan fingerprint density at radius 2 is 1.61 bits per heavy atom. The van der Waals surface area contributed by atoms with Crippen molar-refractivity contribution in [3.63, 3.8) is 0 Å². The van der Waals surface area contributed by atoms with E-state index in [9.17, 15) is 4.39 Å². The molecule has 0 saturated heterocycles. The molecule has 2 nitrogen and oxygen atoms in total. The molecule has 3 aromatic rings. The molecule has 3 rings (SSSR count). The van der Waals surface area contributed by atoms with E-state index in [0.717, 1.165) is 27.7 Å². The number of nitrogens with zero attached hydrogens (tertiary/aromatic N) is 1. The summed E-state index contributed by atoms with van der Waals surface area (Å²) in [5, 5.41) is 8.63. The van der Waals surface area contributed by atoms with Gasteiger partial charge in [-0.2, -0.15) is 5.10 Å². The third kappa shape index (κ3) is 4.20. The molecule has 2 aromatic carbocycles. The van der Waals surface area contributed by atoms with Crippen molar-refractivity contribution >= 4 is 10.9 Å². The summed E-state index contributed by atoms with van der Waals surface area (Å²) in [5.74, 6) is 6.47. The van der Waals surface area contributed by atoms with Gasteiger partial charge in [0.2, 0.25) is 0 Å². The molecule has 0 fully saturated rings. The number of halogens is 1. The third-order valence-corrected chi connectivity index (χ3v) is 3.21. The SMILES string of the molecule is CC(C)(C)C#Cc1ccc(-c2n[nH]c3ccccc23)cc1.CF. The zero-order chi connectivity index (χ0) is 16.9. The third-order valence-electron chi connectivity index (χ3n) is 3.21. The second-order valence-electron chi connectivity index (χ2n) is 6.20. The van der Waals surface area contributed by atoms with Crippen molar-refractivity contribution < 1.29 is 4.39 Å². The molecule has 0 saturated carbocycles. The number of alkyl halides is 1. The normalized spacial score (nSPS) is 10.5. The van der Waals surface area contributed by atoms with Crippen LogP contribution >= 0.6 is 0 Å². The molecule has 0 bridgehead atoms. The van der Waals surface area contributed by atoms with Gasteiger partial charge < -0.3 is 0 Å². The smallest absolute Gasteiger partial charge is 0.0999 e. The van der Waals surface area contributed by atoms with Gasteiger partial charge in [-0.1, -0.05) is 42.2 Å². The zero-order valence-corrected chi connectivity index (χ0v) is 13.9. The van der Waals surface area contributed by atoms with Crippen LogP contribution in [0.3, 0.4) is 0 Å². The number of aromatic nitrogens is 2. The Labute approximate surface area is 136 Å². The molecule has 0 unspecified atom stereocenters. The van der Waals surface area contributed by atoms with Crippen LogP contribution in [-0.2, 0) is 0 Å². The van der Waals surface area contributed by atoms with E-state index in [1.165, 1.54) is 0 Å². The Morgan fingerprint density at radius 1 is 0.957 bits per heavy atom. The van der Waals surface area contributed by atoms with Crippen LogP contribution < -0.4 is 0 Å². The first-order valence-corrected chi connectivity index (χ1v) is 7.47. The van der Waals surface area contributed by atoms with E-state index in [4.69, 9.17) is 0 Å². The predicted molar refractivity (Wildman–Crippen MR) is 94.9 cm³/mol. The lowest BCUT2D eigenvalue weighted by molar-refractivity contribution is 0.571. The number of hydrogen-bond donors (Lipinski definition) is 1. The van der Waals surface area contributed by atoms with E-state index in [2.05, 4.69) is 73.1 Å². The number of rotatable bonds is 1. The first-order chi connectivity index (χ1) is 11.0. The number of benzene rings is 2. The molecule has 1 aromatic heterocycles. The molecule has 0 aliphatic heterocycles. The molecule has 1 heterocycles. The minimum absolute atomic E-state index is 0.0249. The van der Waals surface area contributed by atoms with Gasteiger partial charge in [-0.3, -0.25) is 9.49 Å². The molecule has 23 heavy (non-hydrogen) atoms. The summed E-state index contributed by atoms with van der Waals surface area (Å²) < 4.78 is 9.50. The minimum Gasteiger partial charge on any atom is -0.277 e.